The van der Waals surface area contributed by atoms with Crippen molar-refractivity contribution in [3.63, 3.8) is 0 Å². The largest absolute Gasteiger partial charge is 0.391 e. The Bertz CT molecular complexity index is 1100. The Hall–Kier alpha value is -2.91. The molecule has 1 fully saturated rings. The maximum atomic E-state index is 13.2. The Morgan fingerprint density at radius 3 is 2.62 bits per heavy atom. The molecule has 0 radical (unpaired) electrons. The van der Waals surface area contributed by atoms with Crippen LogP contribution >= 0.6 is 0 Å². The number of hydrogen-bond donors (Lipinski definition) is 3. The van der Waals surface area contributed by atoms with Crippen LogP contribution in [-0.4, -0.2) is 47.9 Å². The van der Waals surface area contributed by atoms with Gasteiger partial charge in [-0.15, -0.1) is 0 Å². The van der Waals surface area contributed by atoms with Gasteiger partial charge in [-0.2, -0.15) is 5.10 Å². The lowest BCUT2D eigenvalue weighted by molar-refractivity contribution is 0.154. The van der Waals surface area contributed by atoms with E-state index in [2.05, 4.69) is 20.5 Å². The van der Waals surface area contributed by atoms with E-state index in [1.165, 1.54) is 6.07 Å². The molecule has 29 heavy (non-hydrogen) atoms. The van der Waals surface area contributed by atoms with Gasteiger partial charge in [0.05, 0.1) is 15.9 Å². The summed E-state index contributed by atoms with van der Waals surface area (Å²) in [7, 11) is -3.72. The lowest BCUT2D eigenvalue weighted by atomic mass is 10.1. The van der Waals surface area contributed by atoms with Crippen molar-refractivity contribution in [1.82, 2.24) is 15.2 Å². The fraction of sp³-hybridized carbons (Fsp3) is 0.300. The molecule has 3 heterocycles. The number of rotatable bonds is 5. The number of anilines is 3. The minimum Gasteiger partial charge on any atom is -0.391 e. The molecule has 8 nitrogen and oxygen atoms in total. The zero-order valence-corrected chi connectivity index (χ0v) is 16.9. The van der Waals surface area contributed by atoms with Gasteiger partial charge in [0.1, 0.15) is 11.6 Å². The maximum absolute atomic E-state index is 13.2. The molecule has 1 atom stereocenters. The Morgan fingerprint density at radius 1 is 1.14 bits per heavy atom. The average Bonchev–Trinajstić information content (AvgIpc) is 3.13. The minimum absolute atomic E-state index is 0.142. The van der Waals surface area contributed by atoms with Gasteiger partial charge in [-0.1, -0.05) is 18.2 Å². The molecule has 0 bridgehead atoms. The molecular formula is C20H23N5O3S. The zero-order chi connectivity index (χ0) is 20.4. The molecule has 1 aliphatic heterocycles. The number of nitrogens with one attached hydrogen (secondary N) is 2. The number of benzene rings is 1. The molecule has 152 valence electrons. The highest BCUT2D eigenvalue weighted by Gasteiger charge is 2.24. The van der Waals surface area contributed by atoms with Gasteiger partial charge in [-0.05, 0) is 38.0 Å². The summed E-state index contributed by atoms with van der Waals surface area (Å²) in [6.45, 7) is 3.01. The van der Waals surface area contributed by atoms with Crippen molar-refractivity contribution >= 4 is 27.3 Å². The summed E-state index contributed by atoms with van der Waals surface area (Å²) in [5.74, 6) is 1.44. The van der Waals surface area contributed by atoms with Crippen LogP contribution in [0.1, 0.15) is 18.5 Å². The lowest BCUT2D eigenvalue weighted by Crippen LogP contribution is -2.38. The molecule has 0 amide bonds. The van der Waals surface area contributed by atoms with Crippen molar-refractivity contribution in [2.45, 2.75) is 35.7 Å². The summed E-state index contributed by atoms with van der Waals surface area (Å²) >= 11 is 0. The molecule has 0 saturated carbocycles. The van der Waals surface area contributed by atoms with E-state index in [0.29, 0.717) is 30.5 Å². The normalized spacial score (nSPS) is 17.3. The van der Waals surface area contributed by atoms with Crippen LogP contribution in [0.5, 0.6) is 0 Å². The van der Waals surface area contributed by atoms with E-state index in [-0.39, 0.29) is 9.79 Å². The van der Waals surface area contributed by atoms with Gasteiger partial charge in [0.15, 0.2) is 5.82 Å². The summed E-state index contributed by atoms with van der Waals surface area (Å²) in [5, 5.41) is 20.1. The number of aliphatic hydroxyl groups is 1. The third-order valence-corrected chi connectivity index (χ3v) is 6.58. The van der Waals surface area contributed by atoms with Gasteiger partial charge in [0, 0.05) is 30.9 Å². The predicted octanol–water partition coefficient (Wildman–Crippen LogP) is 2.65. The molecule has 0 aliphatic carbocycles. The first-order valence-corrected chi connectivity index (χ1v) is 10.9. The van der Waals surface area contributed by atoms with Gasteiger partial charge in [0.25, 0.3) is 0 Å². The second kappa shape index (κ2) is 7.84. The SMILES string of the molecule is Cc1cc(Nc2cc(S(=O)(=O)c3ccccc3)cc(N3CCC[C@@H](O)C3)n2)n[nH]1. The van der Waals surface area contributed by atoms with Crippen LogP contribution in [-0.2, 0) is 9.84 Å². The van der Waals surface area contributed by atoms with Crippen LogP contribution in [0.3, 0.4) is 0 Å². The molecule has 1 aromatic carbocycles. The van der Waals surface area contributed by atoms with Crippen LogP contribution in [0.2, 0.25) is 0 Å². The lowest BCUT2D eigenvalue weighted by Gasteiger charge is -2.31. The Labute approximate surface area is 169 Å². The fourth-order valence-corrected chi connectivity index (χ4v) is 4.70. The number of H-pyrrole nitrogens is 1. The Balaban J connectivity index is 1.77. The number of piperidine rings is 1. The van der Waals surface area contributed by atoms with Crippen molar-refractivity contribution in [2.24, 2.45) is 0 Å². The highest BCUT2D eigenvalue weighted by molar-refractivity contribution is 7.91. The zero-order valence-electron chi connectivity index (χ0n) is 16.0. The first kappa shape index (κ1) is 19.4. The standard InChI is InChI=1S/C20H23N5O3S/c1-14-10-19(24-23-14)21-18-11-17(29(27,28)16-7-3-2-4-8-16)12-20(22-18)25-9-5-6-15(26)13-25/h2-4,7-8,10-12,15,26H,5-6,9,13H2,1H3,(H2,21,22,23,24)/t15-/m1/s1. The molecule has 3 N–H and O–H groups in total. The third-order valence-electron chi connectivity index (χ3n) is 4.83. The topological polar surface area (TPSA) is 111 Å². The van der Waals surface area contributed by atoms with Gasteiger partial charge in [-0.25, -0.2) is 13.4 Å². The Morgan fingerprint density at radius 2 is 1.93 bits per heavy atom. The summed E-state index contributed by atoms with van der Waals surface area (Å²) < 4.78 is 26.4. The molecular weight excluding hydrogens is 390 g/mol. The highest BCUT2D eigenvalue weighted by atomic mass is 32.2. The van der Waals surface area contributed by atoms with Gasteiger partial charge in [-0.3, -0.25) is 5.10 Å². The number of hydrogen-bond acceptors (Lipinski definition) is 7. The maximum Gasteiger partial charge on any atom is 0.206 e. The number of nitrogens with zero attached hydrogens (tertiary/aromatic N) is 3. The smallest absolute Gasteiger partial charge is 0.206 e. The van der Waals surface area contributed by atoms with Crippen LogP contribution in [0, 0.1) is 6.92 Å². The van der Waals surface area contributed by atoms with Crippen LogP contribution in [0.15, 0.2) is 58.3 Å². The fourth-order valence-electron chi connectivity index (χ4n) is 3.38. The number of sulfone groups is 1. The highest BCUT2D eigenvalue weighted by Crippen LogP contribution is 2.29. The van der Waals surface area contributed by atoms with E-state index in [0.717, 1.165) is 18.5 Å². The molecule has 0 unspecified atom stereocenters. The Kier molecular flexibility index (Phi) is 5.25. The van der Waals surface area contributed by atoms with Crippen molar-refractivity contribution < 1.29 is 13.5 Å². The summed E-state index contributed by atoms with van der Waals surface area (Å²) in [6, 6.07) is 13.2. The third kappa shape index (κ3) is 4.25. The van der Waals surface area contributed by atoms with E-state index in [4.69, 9.17) is 0 Å². The first-order chi connectivity index (χ1) is 13.9. The number of β-amino-alcohol motifs (C(OH)–C–C–N with tert-alkyl or cyclic N) is 1. The second-order valence-electron chi connectivity index (χ2n) is 7.17. The number of aromatic amines is 1. The second-order valence-corrected chi connectivity index (χ2v) is 9.12. The number of pyridine rings is 1. The monoisotopic (exact) mass is 413 g/mol. The molecule has 1 saturated heterocycles. The van der Waals surface area contributed by atoms with E-state index < -0.39 is 15.9 Å². The summed E-state index contributed by atoms with van der Waals surface area (Å²) in [5.41, 5.74) is 0.875. The van der Waals surface area contributed by atoms with Crippen molar-refractivity contribution in [3.8, 4) is 0 Å². The van der Waals surface area contributed by atoms with E-state index in [9.17, 15) is 13.5 Å². The van der Waals surface area contributed by atoms with E-state index >= 15 is 0 Å². The molecule has 1 aliphatic rings. The predicted molar refractivity (Wildman–Crippen MR) is 110 cm³/mol. The molecule has 0 spiro atoms. The van der Waals surface area contributed by atoms with Crippen LogP contribution in [0.25, 0.3) is 0 Å². The van der Waals surface area contributed by atoms with Gasteiger partial charge < -0.3 is 15.3 Å². The van der Waals surface area contributed by atoms with E-state index in [1.807, 2.05) is 17.9 Å². The van der Waals surface area contributed by atoms with Gasteiger partial charge >= 0.3 is 0 Å². The number of aryl methyl sites for hydroxylation is 1. The molecule has 3 aromatic rings. The van der Waals surface area contributed by atoms with Gasteiger partial charge in [0.2, 0.25) is 9.84 Å². The minimum atomic E-state index is -3.72. The van der Waals surface area contributed by atoms with Crippen LogP contribution < -0.4 is 10.2 Å². The summed E-state index contributed by atoms with van der Waals surface area (Å²) in [4.78, 5) is 6.87. The van der Waals surface area contributed by atoms with Crippen molar-refractivity contribution in [1.29, 1.82) is 0 Å². The molecule has 2 aromatic heterocycles. The molecule has 9 heteroatoms. The summed E-state index contributed by atoms with van der Waals surface area (Å²) in [6.07, 6.45) is 1.10. The molecule has 4 rings (SSSR count). The average molecular weight is 414 g/mol. The number of aliphatic hydroxyl groups excluding tert-OH is 1. The number of aromatic nitrogens is 3. The van der Waals surface area contributed by atoms with Crippen molar-refractivity contribution in [3.05, 3.63) is 54.2 Å². The van der Waals surface area contributed by atoms with E-state index in [1.54, 1.807) is 36.4 Å². The van der Waals surface area contributed by atoms with Crippen LogP contribution in [0.4, 0.5) is 17.5 Å². The quantitative estimate of drug-likeness (QED) is 0.590. The first-order valence-electron chi connectivity index (χ1n) is 9.46. The van der Waals surface area contributed by atoms with Crippen molar-refractivity contribution in [2.75, 3.05) is 23.3 Å².